The highest BCUT2D eigenvalue weighted by molar-refractivity contribution is 9.11. The largest absolute Gasteiger partial charge is 0.319 e. The molecule has 1 amide bonds. The van der Waals surface area contributed by atoms with Gasteiger partial charge in [0.25, 0.3) is 5.91 Å². The van der Waals surface area contributed by atoms with Gasteiger partial charge in [0.1, 0.15) is 0 Å². The molecule has 0 aromatic heterocycles. The number of carbonyl (C=O) groups excluding carboxylic acids is 1. The number of hydrogen-bond donors (Lipinski definition) is 1. The van der Waals surface area contributed by atoms with E-state index < -0.39 is 5.91 Å². The van der Waals surface area contributed by atoms with Crippen molar-refractivity contribution in [2.45, 2.75) is 0 Å². The highest BCUT2D eigenvalue weighted by atomic mass is 79.9. The van der Waals surface area contributed by atoms with Crippen molar-refractivity contribution in [2.24, 2.45) is 0 Å². The molecule has 0 heterocycles. The van der Waals surface area contributed by atoms with E-state index >= 15 is 0 Å². The third-order valence-corrected chi connectivity index (χ3v) is 3.13. The topological polar surface area (TPSA) is 29.1 Å². The molecule has 0 aliphatic rings. The maximum Gasteiger partial charge on any atom is 0.266 e. The maximum absolute atomic E-state index is 11.3. The molecule has 0 aliphatic heterocycles. The SMILES string of the molecule is C=C(Cl)C(=O)Nc1c(Br)cc(Cl)cc1Br. The zero-order valence-corrected chi connectivity index (χ0v) is 12.0. The zero-order valence-electron chi connectivity index (χ0n) is 7.28. The molecule has 15 heavy (non-hydrogen) atoms. The van der Waals surface area contributed by atoms with Gasteiger partial charge in [-0.25, -0.2) is 0 Å². The van der Waals surface area contributed by atoms with E-state index in [4.69, 9.17) is 23.2 Å². The van der Waals surface area contributed by atoms with Crippen LogP contribution in [0.3, 0.4) is 0 Å². The summed E-state index contributed by atoms with van der Waals surface area (Å²) in [5.74, 6) is -0.458. The third kappa shape index (κ3) is 3.48. The van der Waals surface area contributed by atoms with Crippen LogP contribution in [0, 0.1) is 0 Å². The Balaban J connectivity index is 3.05. The lowest BCUT2D eigenvalue weighted by Crippen LogP contribution is -2.11. The van der Waals surface area contributed by atoms with Crippen molar-refractivity contribution in [2.75, 3.05) is 5.32 Å². The van der Waals surface area contributed by atoms with Crippen LogP contribution in [-0.4, -0.2) is 5.91 Å². The third-order valence-electron chi connectivity index (χ3n) is 1.49. The lowest BCUT2D eigenvalue weighted by molar-refractivity contribution is -0.112. The fourth-order valence-electron chi connectivity index (χ4n) is 0.843. The minimum atomic E-state index is -0.458. The smallest absolute Gasteiger partial charge is 0.266 e. The van der Waals surface area contributed by atoms with E-state index in [0.717, 1.165) is 0 Å². The summed E-state index contributed by atoms with van der Waals surface area (Å²) in [7, 11) is 0. The molecule has 1 N–H and O–H groups in total. The summed E-state index contributed by atoms with van der Waals surface area (Å²) in [5.41, 5.74) is 0.561. The first-order valence-electron chi connectivity index (χ1n) is 3.72. The molecule has 0 spiro atoms. The molecule has 1 aromatic rings. The molecule has 1 aromatic carbocycles. The first-order valence-corrected chi connectivity index (χ1v) is 6.06. The summed E-state index contributed by atoms with van der Waals surface area (Å²) in [4.78, 5) is 11.3. The zero-order chi connectivity index (χ0) is 11.6. The van der Waals surface area contributed by atoms with Gasteiger partial charge in [0, 0.05) is 14.0 Å². The van der Waals surface area contributed by atoms with Gasteiger partial charge < -0.3 is 5.32 Å². The summed E-state index contributed by atoms with van der Waals surface area (Å²) in [6.07, 6.45) is 0. The molecule has 2 nitrogen and oxygen atoms in total. The van der Waals surface area contributed by atoms with Crippen molar-refractivity contribution >= 4 is 66.7 Å². The fraction of sp³-hybridized carbons (Fsp3) is 0. The van der Waals surface area contributed by atoms with E-state index in [1.807, 2.05) is 0 Å². The minimum Gasteiger partial charge on any atom is -0.319 e. The molecule has 0 radical (unpaired) electrons. The molecular formula is C9H5Br2Cl2NO. The normalized spacial score (nSPS) is 9.87. The molecule has 0 saturated heterocycles. The Morgan fingerprint density at radius 3 is 2.20 bits per heavy atom. The second-order valence-electron chi connectivity index (χ2n) is 2.60. The van der Waals surface area contributed by atoms with Crippen LogP contribution in [0.5, 0.6) is 0 Å². The minimum absolute atomic E-state index is 0.0799. The van der Waals surface area contributed by atoms with Gasteiger partial charge in [-0.3, -0.25) is 4.79 Å². The molecule has 1 rings (SSSR count). The quantitative estimate of drug-likeness (QED) is 0.757. The van der Waals surface area contributed by atoms with E-state index in [1.165, 1.54) is 0 Å². The molecule has 6 heteroatoms. The lowest BCUT2D eigenvalue weighted by atomic mass is 10.3. The molecule has 0 saturated carbocycles. The van der Waals surface area contributed by atoms with Gasteiger partial charge in [-0.15, -0.1) is 0 Å². The van der Waals surface area contributed by atoms with Crippen molar-refractivity contribution in [3.05, 3.63) is 37.7 Å². The van der Waals surface area contributed by atoms with E-state index in [1.54, 1.807) is 12.1 Å². The number of hydrogen-bond acceptors (Lipinski definition) is 1. The van der Waals surface area contributed by atoms with Crippen LogP contribution in [0.4, 0.5) is 5.69 Å². The Morgan fingerprint density at radius 1 is 1.33 bits per heavy atom. The number of benzene rings is 1. The second-order valence-corrected chi connectivity index (χ2v) is 5.20. The van der Waals surface area contributed by atoms with Crippen LogP contribution in [0.1, 0.15) is 0 Å². The van der Waals surface area contributed by atoms with Crippen molar-refractivity contribution < 1.29 is 4.79 Å². The molecular weight excluding hydrogens is 369 g/mol. The van der Waals surface area contributed by atoms with Crippen LogP contribution >= 0.6 is 55.1 Å². The van der Waals surface area contributed by atoms with E-state index in [9.17, 15) is 4.79 Å². The van der Waals surface area contributed by atoms with Crippen LogP contribution in [0.25, 0.3) is 0 Å². The predicted octanol–water partition coefficient (Wildman–Crippen LogP) is 4.56. The van der Waals surface area contributed by atoms with Crippen LogP contribution < -0.4 is 5.32 Å². The number of anilines is 1. The predicted molar refractivity (Wildman–Crippen MR) is 70.5 cm³/mol. The van der Waals surface area contributed by atoms with Crippen LogP contribution in [-0.2, 0) is 4.79 Å². The van der Waals surface area contributed by atoms with Crippen molar-refractivity contribution in [3.63, 3.8) is 0 Å². The Morgan fingerprint density at radius 2 is 1.80 bits per heavy atom. The lowest BCUT2D eigenvalue weighted by Gasteiger charge is -2.09. The average Bonchev–Trinajstić information content (AvgIpc) is 2.10. The summed E-state index contributed by atoms with van der Waals surface area (Å²) >= 11 is 17.8. The van der Waals surface area contributed by atoms with Gasteiger partial charge in [-0.05, 0) is 44.0 Å². The maximum atomic E-state index is 11.3. The highest BCUT2D eigenvalue weighted by Gasteiger charge is 2.11. The van der Waals surface area contributed by atoms with Crippen LogP contribution in [0.15, 0.2) is 32.7 Å². The molecule has 80 valence electrons. The molecule has 0 aliphatic carbocycles. The molecule has 0 atom stereocenters. The van der Waals surface area contributed by atoms with Gasteiger partial charge in [-0.2, -0.15) is 0 Å². The fourth-order valence-corrected chi connectivity index (χ4v) is 2.76. The average molecular weight is 374 g/mol. The Bertz CT molecular complexity index is 411. The van der Waals surface area contributed by atoms with Gasteiger partial charge >= 0.3 is 0 Å². The van der Waals surface area contributed by atoms with Gasteiger partial charge in [0.2, 0.25) is 0 Å². The van der Waals surface area contributed by atoms with E-state index in [0.29, 0.717) is 19.7 Å². The Kier molecular flexibility index (Phi) is 4.64. The van der Waals surface area contributed by atoms with E-state index in [-0.39, 0.29) is 5.03 Å². The van der Waals surface area contributed by atoms with Gasteiger partial charge in [0.15, 0.2) is 0 Å². The summed E-state index contributed by atoms with van der Waals surface area (Å²) < 4.78 is 1.32. The summed E-state index contributed by atoms with van der Waals surface area (Å²) in [6.45, 7) is 3.32. The van der Waals surface area contributed by atoms with Crippen LogP contribution in [0.2, 0.25) is 5.02 Å². The first-order chi connectivity index (χ1) is 6.91. The summed E-state index contributed by atoms with van der Waals surface area (Å²) in [6, 6.07) is 3.33. The standard InChI is InChI=1S/C9H5Br2Cl2NO/c1-4(12)9(15)14-8-6(10)2-5(13)3-7(8)11/h2-3H,1H2,(H,14,15). The van der Waals surface area contributed by atoms with Gasteiger partial charge in [0.05, 0.1) is 10.7 Å². The Hall–Kier alpha value is -0.0300. The monoisotopic (exact) mass is 371 g/mol. The summed E-state index contributed by atoms with van der Waals surface area (Å²) in [5, 5.41) is 3.05. The number of halogens is 4. The highest BCUT2D eigenvalue weighted by Crippen LogP contribution is 2.34. The molecule has 0 unspecified atom stereocenters. The second kappa shape index (κ2) is 5.34. The first kappa shape index (κ1) is 13.0. The van der Waals surface area contributed by atoms with E-state index in [2.05, 4.69) is 43.8 Å². The number of carbonyl (C=O) groups is 1. The molecule has 0 fully saturated rings. The number of nitrogens with one attached hydrogen (secondary N) is 1. The van der Waals surface area contributed by atoms with Crippen molar-refractivity contribution in [1.29, 1.82) is 0 Å². The molecule has 0 bridgehead atoms. The van der Waals surface area contributed by atoms with Crippen molar-refractivity contribution in [1.82, 2.24) is 0 Å². The van der Waals surface area contributed by atoms with Crippen molar-refractivity contribution in [3.8, 4) is 0 Å². The number of rotatable bonds is 2. The number of amides is 1. The Labute approximate surface area is 114 Å². The van der Waals surface area contributed by atoms with Gasteiger partial charge in [-0.1, -0.05) is 29.8 Å².